The van der Waals surface area contributed by atoms with Crippen LogP contribution >= 0.6 is 15.9 Å². The van der Waals surface area contributed by atoms with E-state index in [-0.39, 0.29) is 29.9 Å². The van der Waals surface area contributed by atoms with Crippen LogP contribution in [0.3, 0.4) is 0 Å². The molecule has 0 amide bonds. The Labute approximate surface area is 197 Å². The van der Waals surface area contributed by atoms with Gasteiger partial charge in [-0.3, -0.25) is 4.79 Å². The van der Waals surface area contributed by atoms with Gasteiger partial charge in [0, 0.05) is 21.5 Å². The summed E-state index contributed by atoms with van der Waals surface area (Å²) in [5.74, 6) is -0.465. The Kier molecular flexibility index (Phi) is 6.46. The first-order valence-corrected chi connectivity index (χ1v) is 10.9. The Morgan fingerprint density at radius 1 is 1.00 bits per heavy atom. The fourth-order valence-electron chi connectivity index (χ4n) is 3.54. The number of fused-ring (bicyclic) bond motifs is 2. The zero-order chi connectivity index (χ0) is 23.5. The molecule has 8 heteroatoms. The average Bonchev–Trinajstić information content (AvgIpc) is 2.78. The normalized spacial score (nSPS) is 10.9. The van der Waals surface area contributed by atoms with E-state index in [1.165, 1.54) is 12.1 Å². The van der Waals surface area contributed by atoms with Crippen LogP contribution < -0.4 is 15.1 Å². The summed E-state index contributed by atoms with van der Waals surface area (Å²) in [7, 11) is 1.55. The highest BCUT2D eigenvalue weighted by Gasteiger charge is 2.17. The molecule has 0 N–H and O–H groups in total. The summed E-state index contributed by atoms with van der Waals surface area (Å²) in [6, 6.07) is 15.5. The van der Waals surface area contributed by atoms with Crippen molar-refractivity contribution in [2.24, 2.45) is 0 Å². The largest absolute Gasteiger partial charge is 0.496 e. The topological polar surface area (TPSA) is 92.0 Å². The van der Waals surface area contributed by atoms with Crippen molar-refractivity contribution < 1.29 is 28.2 Å². The molecule has 4 aromatic rings. The smallest absolute Gasteiger partial charge is 0.351 e. The lowest BCUT2D eigenvalue weighted by molar-refractivity contribution is -0.133. The van der Waals surface area contributed by atoms with Crippen molar-refractivity contribution in [2.75, 3.05) is 13.7 Å². The molecule has 0 atom stereocenters. The molecule has 0 saturated heterocycles. The number of methoxy groups -OCH3 is 1. The zero-order valence-corrected chi connectivity index (χ0v) is 19.4. The fourth-order valence-corrected chi connectivity index (χ4v) is 3.92. The maximum absolute atomic E-state index is 12.7. The Morgan fingerprint density at radius 3 is 2.55 bits per heavy atom. The molecule has 0 aliphatic heterocycles. The minimum absolute atomic E-state index is 0.0219. The van der Waals surface area contributed by atoms with Crippen LogP contribution in [0.25, 0.3) is 21.7 Å². The molecule has 0 saturated carbocycles. The van der Waals surface area contributed by atoms with Gasteiger partial charge in [-0.15, -0.1) is 0 Å². The van der Waals surface area contributed by atoms with Crippen molar-refractivity contribution in [1.29, 1.82) is 0 Å². The summed E-state index contributed by atoms with van der Waals surface area (Å²) in [6.07, 6.45) is -0.0219. The van der Waals surface area contributed by atoms with Gasteiger partial charge in [0.2, 0.25) is 0 Å². The lowest BCUT2D eigenvalue weighted by atomic mass is 10.0. The lowest BCUT2D eigenvalue weighted by Crippen LogP contribution is -2.16. The quantitative estimate of drug-likeness (QED) is 0.203. The van der Waals surface area contributed by atoms with Crippen molar-refractivity contribution in [2.45, 2.75) is 13.3 Å². The van der Waals surface area contributed by atoms with Gasteiger partial charge in [-0.2, -0.15) is 0 Å². The van der Waals surface area contributed by atoms with E-state index in [0.717, 1.165) is 15.2 Å². The van der Waals surface area contributed by atoms with Gasteiger partial charge in [-0.1, -0.05) is 28.1 Å². The molecule has 0 bridgehead atoms. The first kappa shape index (κ1) is 22.5. The second kappa shape index (κ2) is 9.46. The number of halogens is 1. The van der Waals surface area contributed by atoms with Crippen molar-refractivity contribution in [3.63, 3.8) is 0 Å². The van der Waals surface area contributed by atoms with Gasteiger partial charge in [0.15, 0.2) is 0 Å². The SMILES string of the molecule is CCOC(=O)c1cc2ccc(OC(=O)Cc3c(OC)ccc4cc(Br)ccc34)cc2oc1=O. The van der Waals surface area contributed by atoms with Crippen LogP contribution in [-0.4, -0.2) is 25.7 Å². The standard InChI is InChI=1S/C25H19BrO7/c1-3-31-24(28)20-11-15-4-7-17(12-22(15)33-25(20)29)32-23(27)13-19-18-8-6-16(26)10-14(18)5-9-21(19)30-2/h4-12H,3,13H2,1-2H3. The van der Waals surface area contributed by atoms with E-state index in [1.54, 1.807) is 26.2 Å². The van der Waals surface area contributed by atoms with Crippen molar-refractivity contribution in [3.05, 3.63) is 80.6 Å². The minimum Gasteiger partial charge on any atom is -0.496 e. The van der Waals surface area contributed by atoms with E-state index in [0.29, 0.717) is 16.7 Å². The second-order valence-electron chi connectivity index (χ2n) is 7.13. The van der Waals surface area contributed by atoms with E-state index in [4.69, 9.17) is 18.6 Å². The summed E-state index contributed by atoms with van der Waals surface area (Å²) in [5, 5.41) is 2.34. The zero-order valence-electron chi connectivity index (χ0n) is 17.8. The Balaban J connectivity index is 1.60. The molecule has 0 spiro atoms. The van der Waals surface area contributed by atoms with Gasteiger partial charge in [0.1, 0.15) is 22.6 Å². The maximum atomic E-state index is 12.7. The Hall–Kier alpha value is -3.65. The summed E-state index contributed by atoms with van der Waals surface area (Å²) in [5.41, 5.74) is -0.121. The summed E-state index contributed by atoms with van der Waals surface area (Å²) >= 11 is 3.45. The van der Waals surface area contributed by atoms with Crippen LogP contribution in [-0.2, 0) is 16.0 Å². The molecule has 0 fully saturated rings. The molecule has 33 heavy (non-hydrogen) atoms. The van der Waals surface area contributed by atoms with Gasteiger partial charge in [-0.25, -0.2) is 9.59 Å². The van der Waals surface area contributed by atoms with Gasteiger partial charge in [-0.05, 0) is 54.1 Å². The van der Waals surface area contributed by atoms with Crippen molar-refractivity contribution in [3.8, 4) is 11.5 Å². The molecular weight excluding hydrogens is 492 g/mol. The number of benzene rings is 3. The number of esters is 2. The predicted octanol–water partition coefficient (Wildman–Crippen LogP) is 5.04. The van der Waals surface area contributed by atoms with Crippen LogP contribution in [0.15, 0.2) is 68.3 Å². The van der Waals surface area contributed by atoms with Crippen molar-refractivity contribution >= 4 is 49.6 Å². The number of hydrogen-bond donors (Lipinski definition) is 0. The molecular formula is C25H19BrO7. The average molecular weight is 511 g/mol. The van der Waals surface area contributed by atoms with Gasteiger partial charge >= 0.3 is 17.6 Å². The Morgan fingerprint density at radius 2 is 1.79 bits per heavy atom. The van der Waals surface area contributed by atoms with Crippen LogP contribution in [0.5, 0.6) is 11.5 Å². The van der Waals surface area contributed by atoms with E-state index < -0.39 is 17.6 Å². The second-order valence-corrected chi connectivity index (χ2v) is 8.05. The molecule has 3 aromatic carbocycles. The summed E-state index contributed by atoms with van der Waals surface area (Å²) < 4.78 is 22.0. The third kappa shape index (κ3) is 4.75. The molecule has 168 valence electrons. The molecule has 0 aliphatic carbocycles. The number of carbonyl (C=O) groups excluding carboxylic acids is 2. The molecule has 0 radical (unpaired) electrons. The molecule has 1 heterocycles. The van der Waals surface area contributed by atoms with Crippen LogP contribution in [0.2, 0.25) is 0 Å². The van der Waals surface area contributed by atoms with Gasteiger partial charge in [0.25, 0.3) is 0 Å². The first-order chi connectivity index (χ1) is 15.9. The van der Waals surface area contributed by atoms with Crippen LogP contribution in [0, 0.1) is 0 Å². The highest BCUT2D eigenvalue weighted by molar-refractivity contribution is 9.10. The van der Waals surface area contributed by atoms with E-state index in [1.807, 2.05) is 30.3 Å². The molecule has 4 rings (SSSR count). The third-order valence-electron chi connectivity index (χ3n) is 5.03. The molecule has 1 aromatic heterocycles. The Bertz CT molecular complexity index is 1440. The van der Waals surface area contributed by atoms with Crippen LogP contribution in [0.1, 0.15) is 22.8 Å². The number of ether oxygens (including phenoxy) is 3. The fraction of sp³-hybridized carbons (Fsp3) is 0.160. The van der Waals surface area contributed by atoms with E-state index in [2.05, 4.69) is 15.9 Å². The van der Waals surface area contributed by atoms with Crippen molar-refractivity contribution in [1.82, 2.24) is 0 Å². The summed E-state index contributed by atoms with van der Waals surface area (Å²) in [6.45, 7) is 1.79. The van der Waals surface area contributed by atoms with E-state index >= 15 is 0 Å². The molecule has 0 unspecified atom stereocenters. The number of rotatable bonds is 6. The maximum Gasteiger partial charge on any atom is 0.351 e. The molecule has 0 aliphatic rings. The monoisotopic (exact) mass is 510 g/mol. The number of hydrogen-bond acceptors (Lipinski definition) is 7. The number of carbonyl (C=O) groups is 2. The highest BCUT2D eigenvalue weighted by Crippen LogP contribution is 2.31. The van der Waals surface area contributed by atoms with Gasteiger partial charge < -0.3 is 18.6 Å². The predicted molar refractivity (Wildman–Crippen MR) is 126 cm³/mol. The summed E-state index contributed by atoms with van der Waals surface area (Å²) in [4.78, 5) is 36.8. The van der Waals surface area contributed by atoms with E-state index in [9.17, 15) is 14.4 Å². The van der Waals surface area contributed by atoms with Crippen LogP contribution in [0.4, 0.5) is 0 Å². The first-order valence-electron chi connectivity index (χ1n) is 10.1. The third-order valence-corrected chi connectivity index (χ3v) is 5.52. The van der Waals surface area contributed by atoms with Gasteiger partial charge in [0.05, 0.1) is 20.1 Å². The molecule has 7 nitrogen and oxygen atoms in total. The highest BCUT2D eigenvalue weighted by atomic mass is 79.9. The lowest BCUT2D eigenvalue weighted by Gasteiger charge is -2.12. The minimum atomic E-state index is -0.823.